The number of halogens is 1. The second kappa shape index (κ2) is 9.65. The van der Waals surface area contributed by atoms with Crippen molar-refractivity contribution in [1.82, 2.24) is 9.78 Å². The molecule has 30 heavy (non-hydrogen) atoms. The van der Waals surface area contributed by atoms with Crippen LogP contribution in [0.2, 0.25) is 0 Å². The fraction of sp³-hybridized carbons (Fsp3) is 0.174. The highest BCUT2D eigenvalue weighted by molar-refractivity contribution is 6.05. The summed E-state index contributed by atoms with van der Waals surface area (Å²) < 4.78 is 19.7. The highest BCUT2D eigenvalue weighted by atomic mass is 19.1. The van der Waals surface area contributed by atoms with Crippen LogP contribution in [0, 0.1) is 5.82 Å². The lowest BCUT2D eigenvalue weighted by Crippen LogP contribution is -2.14. The maximum absolute atomic E-state index is 13.2. The second-order valence-corrected chi connectivity index (χ2v) is 6.41. The molecule has 1 heterocycles. The highest BCUT2D eigenvalue weighted by Crippen LogP contribution is 2.18. The van der Waals surface area contributed by atoms with Gasteiger partial charge in [0.1, 0.15) is 5.82 Å². The molecule has 3 rings (SSSR count). The Morgan fingerprint density at radius 1 is 1.10 bits per heavy atom. The number of anilines is 1. The summed E-state index contributed by atoms with van der Waals surface area (Å²) in [5.41, 5.74) is 3.29. The van der Waals surface area contributed by atoms with Crippen LogP contribution < -0.4 is 5.32 Å². The van der Waals surface area contributed by atoms with Gasteiger partial charge >= 0.3 is 5.97 Å². The van der Waals surface area contributed by atoms with Crippen LogP contribution in [0.5, 0.6) is 0 Å². The van der Waals surface area contributed by atoms with Gasteiger partial charge in [0.05, 0.1) is 29.7 Å². The van der Waals surface area contributed by atoms with Gasteiger partial charge in [-0.15, -0.1) is 0 Å². The number of nitrogens with one attached hydrogen (secondary N) is 1. The van der Waals surface area contributed by atoms with E-state index in [-0.39, 0.29) is 11.7 Å². The first-order valence-electron chi connectivity index (χ1n) is 9.61. The molecule has 0 fully saturated rings. The molecule has 0 saturated carbocycles. The van der Waals surface area contributed by atoms with Crippen LogP contribution in [0.3, 0.4) is 0 Å². The van der Waals surface area contributed by atoms with Gasteiger partial charge in [-0.05, 0) is 61.4 Å². The number of carbonyl (C=O) groups is 2. The highest BCUT2D eigenvalue weighted by Gasteiger charge is 2.17. The van der Waals surface area contributed by atoms with E-state index in [9.17, 15) is 14.0 Å². The van der Waals surface area contributed by atoms with Crippen LogP contribution in [0.1, 0.15) is 35.5 Å². The molecule has 0 unspecified atom stereocenters. The van der Waals surface area contributed by atoms with Crippen LogP contribution in [0.15, 0.2) is 60.8 Å². The lowest BCUT2D eigenvalue weighted by atomic mass is 10.1. The van der Waals surface area contributed by atoms with E-state index >= 15 is 0 Å². The summed E-state index contributed by atoms with van der Waals surface area (Å²) >= 11 is 0. The van der Waals surface area contributed by atoms with Crippen molar-refractivity contribution < 1.29 is 18.7 Å². The van der Waals surface area contributed by atoms with Gasteiger partial charge in [0, 0.05) is 11.8 Å². The molecule has 0 spiro atoms. The van der Waals surface area contributed by atoms with Crippen LogP contribution in [-0.4, -0.2) is 28.3 Å². The number of rotatable bonds is 7. The van der Waals surface area contributed by atoms with Crippen molar-refractivity contribution in [3.05, 3.63) is 83.4 Å². The third-order valence-corrected chi connectivity index (χ3v) is 4.39. The summed E-state index contributed by atoms with van der Waals surface area (Å²) in [6, 6.07) is 13.0. The van der Waals surface area contributed by atoms with Gasteiger partial charge in [-0.25, -0.2) is 13.9 Å². The van der Waals surface area contributed by atoms with Crippen molar-refractivity contribution in [2.24, 2.45) is 0 Å². The van der Waals surface area contributed by atoms with Crippen LogP contribution in [-0.2, 0) is 16.0 Å². The lowest BCUT2D eigenvalue weighted by Gasteiger charge is -2.09. The van der Waals surface area contributed by atoms with Crippen LogP contribution >= 0.6 is 0 Å². The van der Waals surface area contributed by atoms with E-state index in [2.05, 4.69) is 10.4 Å². The molecule has 0 radical (unpaired) electrons. The number of ether oxygens (including phenoxy) is 1. The van der Waals surface area contributed by atoms with E-state index in [0.717, 1.165) is 11.3 Å². The number of aromatic nitrogens is 2. The Morgan fingerprint density at radius 2 is 1.80 bits per heavy atom. The van der Waals surface area contributed by atoms with Crippen molar-refractivity contribution in [3.63, 3.8) is 0 Å². The summed E-state index contributed by atoms with van der Waals surface area (Å²) in [4.78, 5) is 24.1. The largest absolute Gasteiger partial charge is 0.463 e. The van der Waals surface area contributed by atoms with Gasteiger partial charge in [-0.3, -0.25) is 4.79 Å². The molecule has 0 aliphatic heterocycles. The minimum Gasteiger partial charge on any atom is -0.463 e. The van der Waals surface area contributed by atoms with Crippen LogP contribution in [0.25, 0.3) is 11.8 Å². The first-order chi connectivity index (χ1) is 14.5. The SMILES string of the molecule is CCOC(=O)/C=C/c1ccc(NC(=O)c2cnn(-c3ccc(F)cc3)c2CC)cc1. The average molecular weight is 407 g/mol. The number of hydrogen-bond acceptors (Lipinski definition) is 4. The standard InChI is InChI=1S/C23H22FN3O3/c1-3-21-20(15-25-27(21)19-12-8-17(24)9-13-19)23(29)26-18-10-5-16(6-11-18)7-14-22(28)30-4-2/h5-15H,3-4H2,1-2H3,(H,26,29)/b14-7+. The molecular weight excluding hydrogens is 385 g/mol. The zero-order valence-electron chi connectivity index (χ0n) is 16.8. The first kappa shape index (κ1) is 21.0. The molecular formula is C23H22FN3O3. The maximum atomic E-state index is 13.2. The number of hydrogen-bond donors (Lipinski definition) is 1. The second-order valence-electron chi connectivity index (χ2n) is 6.41. The number of benzene rings is 2. The summed E-state index contributed by atoms with van der Waals surface area (Å²) in [7, 11) is 0. The molecule has 1 aromatic heterocycles. The summed E-state index contributed by atoms with van der Waals surface area (Å²) in [5.74, 6) is -1.02. The van der Waals surface area contributed by atoms with Crippen LogP contribution in [0.4, 0.5) is 10.1 Å². The average Bonchev–Trinajstić information content (AvgIpc) is 3.18. The van der Waals surface area contributed by atoms with Gasteiger partial charge in [-0.1, -0.05) is 19.1 Å². The fourth-order valence-electron chi connectivity index (χ4n) is 2.94. The Balaban J connectivity index is 1.73. The monoisotopic (exact) mass is 407 g/mol. The summed E-state index contributed by atoms with van der Waals surface area (Å²) in [5, 5.41) is 7.15. The van der Waals surface area contributed by atoms with Gasteiger partial charge in [0.2, 0.25) is 0 Å². The zero-order chi connectivity index (χ0) is 21.5. The van der Waals surface area contributed by atoms with Crippen molar-refractivity contribution in [2.75, 3.05) is 11.9 Å². The smallest absolute Gasteiger partial charge is 0.330 e. The molecule has 1 amide bonds. The van der Waals surface area contributed by atoms with Gasteiger partial charge in [0.15, 0.2) is 0 Å². The molecule has 154 valence electrons. The molecule has 3 aromatic rings. The van der Waals surface area contributed by atoms with E-state index in [1.54, 1.807) is 54.1 Å². The van der Waals surface area contributed by atoms with Crippen molar-refractivity contribution in [1.29, 1.82) is 0 Å². The number of amides is 1. The first-order valence-corrected chi connectivity index (χ1v) is 9.61. The topological polar surface area (TPSA) is 73.2 Å². The predicted octanol–water partition coefficient (Wildman–Crippen LogP) is 4.40. The quantitative estimate of drug-likeness (QED) is 0.465. The van der Waals surface area contributed by atoms with E-state index in [0.29, 0.717) is 30.0 Å². The van der Waals surface area contributed by atoms with E-state index in [4.69, 9.17) is 4.74 Å². The molecule has 1 N–H and O–H groups in total. The molecule has 7 heteroatoms. The maximum Gasteiger partial charge on any atom is 0.330 e. The Morgan fingerprint density at radius 3 is 2.43 bits per heavy atom. The lowest BCUT2D eigenvalue weighted by molar-refractivity contribution is -0.137. The number of carbonyl (C=O) groups excluding carboxylic acids is 2. The molecule has 0 bridgehead atoms. The minimum atomic E-state index is -0.403. The van der Waals surface area contributed by atoms with Gasteiger partial charge in [0.25, 0.3) is 5.91 Å². The Labute approximate surface area is 174 Å². The van der Waals surface area contributed by atoms with E-state index < -0.39 is 5.97 Å². The minimum absolute atomic E-state index is 0.282. The van der Waals surface area contributed by atoms with Gasteiger partial charge < -0.3 is 10.1 Å². The van der Waals surface area contributed by atoms with Gasteiger partial charge in [-0.2, -0.15) is 5.10 Å². The van der Waals surface area contributed by atoms with Crippen molar-refractivity contribution >= 4 is 23.6 Å². The molecule has 0 aliphatic carbocycles. The molecule has 0 aliphatic rings. The Bertz CT molecular complexity index is 1050. The summed E-state index contributed by atoms with van der Waals surface area (Å²) in [6.07, 6.45) is 5.09. The normalized spacial score (nSPS) is 10.9. The Hall–Kier alpha value is -3.74. The fourth-order valence-corrected chi connectivity index (χ4v) is 2.94. The van der Waals surface area contributed by atoms with E-state index in [1.165, 1.54) is 24.4 Å². The Kier molecular flexibility index (Phi) is 6.75. The number of esters is 1. The summed E-state index contributed by atoms with van der Waals surface area (Å²) in [6.45, 7) is 4.00. The molecule has 2 aromatic carbocycles. The zero-order valence-corrected chi connectivity index (χ0v) is 16.8. The molecule has 0 saturated heterocycles. The third kappa shape index (κ3) is 5.00. The third-order valence-electron chi connectivity index (χ3n) is 4.39. The van der Waals surface area contributed by atoms with Crippen molar-refractivity contribution in [3.8, 4) is 5.69 Å². The number of nitrogens with zero attached hydrogens (tertiary/aromatic N) is 2. The predicted molar refractivity (Wildman–Crippen MR) is 113 cm³/mol. The van der Waals surface area contributed by atoms with E-state index in [1.807, 2.05) is 6.92 Å². The van der Waals surface area contributed by atoms with Crippen molar-refractivity contribution in [2.45, 2.75) is 20.3 Å². The molecule has 6 nitrogen and oxygen atoms in total. The molecule has 0 atom stereocenters.